The molecule has 4 heteroatoms. The minimum atomic E-state index is -0.862. The van der Waals surface area contributed by atoms with E-state index in [0.717, 1.165) is 38.5 Å². The molecule has 0 aliphatic heterocycles. The lowest BCUT2D eigenvalue weighted by atomic mass is 10.0. The van der Waals surface area contributed by atoms with Crippen LogP contribution in [0.4, 0.5) is 0 Å². The third-order valence-corrected chi connectivity index (χ3v) is 3.71. The molecule has 0 aromatic heterocycles. The summed E-state index contributed by atoms with van der Waals surface area (Å²) < 4.78 is 10.0. The maximum atomic E-state index is 11.5. The molecule has 4 nitrogen and oxygen atoms in total. The smallest absolute Gasteiger partial charge is 0.417 e. The SMILES string of the molecule is CCCCCCC(C)OC(=O)C(=O)OCCCC(C)CC. The number of carbonyl (C=O) groups is 2. The minimum absolute atomic E-state index is 0.220. The van der Waals surface area contributed by atoms with Gasteiger partial charge in [-0.1, -0.05) is 46.5 Å². The minimum Gasteiger partial charge on any atom is -0.457 e. The molecule has 0 aromatic carbocycles. The van der Waals surface area contributed by atoms with Crippen molar-refractivity contribution in [2.45, 2.75) is 85.2 Å². The summed E-state index contributed by atoms with van der Waals surface area (Å²) in [6, 6.07) is 0. The highest BCUT2D eigenvalue weighted by Gasteiger charge is 2.19. The molecule has 124 valence electrons. The van der Waals surface area contributed by atoms with Crippen LogP contribution in [-0.2, 0) is 19.1 Å². The van der Waals surface area contributed by atoms with Crippen molar-refractivity contribution in [1.29, 1.82) is 0 Å². The number of rotatable bonds is 11. The zero-order valence-corrected chi connectivity index (χ0v) is 14.2. The lowest BCUT2D eigenvalue weighted by Crippen LogP contribution is -2.25. The van der Waals surface area contributed by atoms with Crippen molar-refractivity contribution in [3.05, 3.63) is 0 Å². The van der Waals surface area contributed by atoms with Crippen molar-refractivity contribution >= 4 is 11.9 Å². The van der Waals surface area contributed by atoms with E-state index in [1.54, 1.807) is 0 Å². The van der Waals surface area contributed by atoms with Crippen LogP contribution in [0.3, 0.4) is 0 Å². The van der Waals surface area contributed by atoms with Gasteiger partial charge in [-0.3, -0.25) is 0 Å². The van der Waals surface area contributed by atoms with Gasteiger partial charge in [0.2, 0.25) is 0 Å². The second kappa shape index (κ2) is 12.7. The first-order valence-electron chi connectivity index (χ1n) is 8.38. The van der Waals surface area contributed by atoms with Gasteiger partial charge in [-0.05, 0) is 38.5 Å². The fourth-order valence-electron chi connectivity index (χ4n) is 2.01. The zero-order valence-electron chi connectivity index (χ0n) is 14.2. The summed E-state index contributed by atoms with van der Waals surface area (Å²) in [7, 11) is 0. The topological polar surface area (TPSA) is 52.6 Å². The summed E-state index contributed by atoms with van der Waals surface area (Å²) in [4.78, 5) is 23.0. The summed E-state index contributed by atoms with van der Waals surface area (Å²) in [5.41, 5.74) is 0. The van der Waals surface area contributed by atoms with E-state index < -0.39 is 11.9 Å². The van der Waals surface area contributed by atoms with Gasteiger partial charge in [0.25, 0.3) is 0 Å². The van der Waals surface area contributed by atoms with Gasteiger partial charge < -0.3 is 9.47 Å². The average Bonchev–Trinajstić information content (AvgIpc) is 2.47. The van der Waals surface area contributed by atoms with E-state index >= 15 is 0 Å². The molecule has 0 saturated heterocycles. The number of hydrogen-bond acceptors (Lipinski definition) is 4. The molecule has 2 unspecified atom stereocenters. The molecule has 0 bridgehead atoms. The molecule has 0 saturated carbocycles. The Morgan fingerprint density at radius 2 is 1.62 bits per heavy atom. The van der Waals surface area contributed by atoms with Crippen LogP contribution in [-0.4, -0.2) is 24.6 Å². The van der Waals surface area contributed by atoms with E-state index in [1.807, 2.05) is 6.92 Å². The zero-order chi connectivity index (χ0) is 16.1. The van der Waals surface area contributed by atoms with E-state index in [0.29, 0.717) is 12.5 Å². The van der Waals surface area contributed by atoms with Gasteiger partial charge in [-0.15, -0.1) is 0 Å². The van der Waals surface area contributed by atoms with Crippen LogP contribution in [0.25, 0.3) is 0 Å². The first-order valence-corrected chi connectivity index (χ1v) is 8.38. The van der Waals surface area contributed by atoms with Crippen LogP contribution < -0.4 is 0 Å². The molecule has 0 fully saturated rings. The van der Waals surface area contributed by atoms with Gasteiger partial charge >= 0.3 is 11.9 Å². The summed E-state index contributed by atoms with van der Waals surface area (Å²) in [6.45, 7) is 8.57. The maximum Gasteiger partial charge on any atom is 0.417 e. The lowest BCUT2D eigenvalue weighted by molar-refractivity contribution is -0.170. The molecule has 0 rings (SSSR count). The second-order valence-corrected chi connectivity index (χ2v) is 5.86. The van der Waals surface area contributed by atoms with Crippen LogP contribution in [0, 0.1) is 5.92 Å². The second-order valence-electron chi connectivity index (χ2n) is 5.86. The molecule has 0 aliphatic rings. The quantitative estimate of drug-likeness (QED) is 0.325. The van der Waals surface area contributed by atoms with Crippen molar-refractivity contribution in [3.63, 3.8) is 0 Å². The van der Waals surface area contributed by atoms with E-state index in [-0.39, 0.29) is 6.10 Å². The van der Waals surface area contributed by atoms with Gasteiger partial charge in [0.1, 0.15) is 0 Å². The summed E-state index contributed by atoms with van der Waals surface area (Å²) in [5, 5.41) is 0. The molecule has 21 heavy (non-hydrogen) atoms. The van der Waals surface area contributed by atoms with E-state index in [2.05, 4.69) is 20.8 Å². The highest BCUT2D eigenvalue weighted by atomic mass is 16.6. The molecular formula is C17H32O4. The Labute approximate surface area is 129 Å². The molecule has 2 atom stereocenters. The molecule has 0 heterocycles. The van der Waals surface area contributed by atoms with Crippen LogP contribution in [0.15, 0.2) is 0 Å². The van der Waals surface area contributed by atoms with Gasteiger partial charge in [0.05, 0.1) is 12.7 Å². The lowest BCUT2D eigenvalue weighted by Gasteiger charge is -2.13. The molecule has 0 radical (unpaired) electrons. The van der Waals surface area contributed by atoms with Gasteiger partial charge in [0, 0.05) is 0 Å². The monoisotopic (exact) mass is 300 g/mol. The number of unbranched alkanes of at least 4 members (excludes halogenated alkanes) is 3. The van der Waals surface area contributed by atoms with Gasteiger partial charge in [-0.2, -0.15) is 0 Å². The van der Waals surface area contributed by atoms with Crippen molar-refractivity contribution in [2.75, 3.05) is 6.61 Å². The van der Waals surface area contributed by atoms with Crippen LogP contribution >= 0.6 is 0 Å². The number of ether oxygens (including phenoxy) is 2. The number of carbonyl (C=O) groups excluding carboxylic acids is 2. The summed E-state index contributed by atoms with van der Waals surface area (Å²) >= 11 is 0. The van der Waals surface area contributed by atoms with E-state index in [9.17, 15) is 9.59 Å². The molecule has 0 N–H and O–H groups in total. The molecule has 0 aliphatic carbocycles. The Morgan fingerprint density at radius 1 is 0.905 bits per heavy atom. The van der Waals surface area contributed by atoms with Crippen molar-refractivity contribution < 1.29 is 19.1 Å². The Kier molecular flexibility index (Phi) is 12.0. The predicted octanol–water partition coefficient (Wildman–Crippen LogP) is 4.26. The third kappa shape index (κ3) is 11.3. The molecule has 0 amide bonds. The Balaban J connectivity index is 3.71. The third-order valence-electron chi connectivity index (χ3n) is 3.71. The number of hydrogen-bond donors (Lipinski definition) is 0. The fraction of sp³-hybridized carbons (Fsp3) is 0.882. The normalized spacial score (nSPS) is 13.5. The predicted molar refractivity (Wildman–Crippen MR) is 84.0 cm³/mol. The molecule has 0 aromatic rings. The van der Waals surface area contributed by atoms with Gasteiger partial charge in [-0.25, -0.2) is 9.59 Å². The van der Waals surface area contributed by atoms with Crippen molar-refractivity contribution in [1.82, 2.24) is 0 Å². The molecular weight excluding hydrogens is 268 g/mol. The Bertz CT molecular complexity index is 289. The summed E-state index contributed by atoms with van der Waals surface area (Å²) in [6.07, 6.45) is 8.02. The van der Waals surface area contributed by atoms with Crippen LogP contribution in [0.2, 0.25) is 0 Å². The number of esters is 2. The first kappa shape index (κ1) is 19.9. The Morgan fingerprint density at radius 3 is 2.24 bits per heavy atom. The van der Waals surface area contributed by atoms with E-state index in [1.165, 1.54) is 12.8 Å². The van der Waals surface area contributed by atoms with E-state index in [4.69, 9.17) is 9.47 Å². The van der Waals surface area contributed by atoms with Gasteiger partial charge in [0.15, 0.2) is 0 Å². The highest BCUT2D eigenvalue weighted by Crippen LogP contribution is 2.10. The van der Waals surface area contributed by atoms with Crippen LogP contribution in [0.5, 0.6) is 0 Å². The Hall–Kier alpha value is -1.06. The van der Waals surface area contributed by atoms with Crippen LogP contribution in [0.1, 0.15) is 79.1 Å². The van der Waals surface area contributed by atoms with Crippen molar-refractivity contribution in [3.8, 4) is 0 Å². The maximum absolute atomic E-state index is 11.5. The standard InChI is InChI=1S/C17H32O4/c1-5-7-8-9-12-15(4)21-17(19)16(18)20-13-10-11-14(3)6-2/h14-15H,5-13H2,1-4H3. The largest absolute Gasteiger partial charge is 0.457 e. The fourth-order valence-corrected chi connectivity index (χ4v) is 2.01. The van der Waals surface area contributed by atoms with Crippen molar-refractivity contribution in [2.24, 2.45) is 5.92 Å². The molecule has 0 spiro atoms. The highest BCUT2D eigenvalue weighted by molar-refractivity contribution is 6.29. The first-order chi connectivity index (χ1) is 10.0. The average molecular weight is 300 g/mol. The summed E-state index contributed by atoms with van der Waals surface area (Å²) in [5.74, 6) is -1.10.